The Hall–Kier alpha value is -3.04. The number of amides is 2. The van der Waals surface area contributed by atoms with E-state index in [1.165, 1.54) is 35.5 Å². The molecule has 1 atom stereocenters. The molecule has 9 heteroatoms. The van der Waals surface area contributed by atoms with Gasteiger partial charge in [0.2, 0.25) is 10.0 Å². The lowest BCUT2D eigenvalue weighted by molar-refractivity contribution is -0.134. The molecule has 1 saturated heterocycles. The summed E-state index contributed by atoms with van der Waals surface area (Å²) >= 11 is 0. The van der Waals surface area contributed by atoms with Gasteiger partial charge in [-0.15, -0.1) is 0 Å². The largest absolute Gasteiger partial charge is 0.480 e. The molecule has 0 aromatic heterocycles. The number of Topliss-reactive ketones (excluding diaryl/α,β-unsaturated/α-hetero) is 1. The van der Waals surface area contributed by atoms with E-state index >= 15 is 0 Å². The van der Waals surface area contributed by atoms with Crippen molar-refractivity contribution in [2.24, 2.45) is 0 Å². The SMILES string of the molecule is C[C@@H]1Oc2ccccc2C(=O)N(CC(=O)c2ccc(S(=O)(=O)N3CCCCC3)cc2)C1=O. The number of carbonyl (C=O) groups excluding carboxylic acids is 3. The minimum absolute atomic E-state index is 0.119. The molecule has 8 nitrogen and oxygen atoms in total. The molecule has 2 aromatic carbocycles. The van der Waals surface area contributed by atoms with Crippen LogP contribution in [-0.4, -0.2) is 61.0 Å². The third-order valence-electron chi connectivity index (χ3n) is 5.71. The molecule has 2 aliphatic rings. The van der Waals surface area contributed by atoms with E-state index in [4.69, 9.17) is 4.74 Å². The maximum Gasteiger partial charge on any atom is 0.270 e. The van der Waals surface area contributed by atoms with Gasteiger partial charge in [0.25, 0.3) is 11.8 Å². The number of ketones is 1. The molecule has 0 unspecified atom stereocenters. The number of benzene rings is 2. The molecule has 0 bridgehead atoms. The summed E-state index contributed by atoms with van der Waals surface area (Å²) in [5, 5.41) is 0. The highest BCUT2D eigenvalue weighted by atomic mass is 32.2. The van der Waals surface area contributed by atoms with Crippen LogP contribution in [0.25, 0.3) is 0 Å². The van der Waals surface area contributed by atoms with E-state index in [0.29, 0.717) is 18.8 Å². The Kier molecular flexibility index (Phi) is 6.12. The summed E-state index contributed by atoms with van der Waals surface area (Å²) in [5.41, 5.74) is 0.426. The fraction of sp³-hybridized carbons (Fsp3) is 0.348. The molecule has 2 aromatic rings. The molecule has 2 aliphatic heterocycles. The van der Waals surface area contributed by atoms with Crippen molar-refractivity contribution in [3.63, 3.8) is 0 Å². The second-order valence-corrected chi connectivity index (χ2v) is 9.84. The van der Waals surface area contributed by atoms with E-state index in [0.717, 1.165) is 24.2 Å². The zero-order valence-corrected chi connectivity index (χ0v) is 18.5. The number of ether oxygens (including phenoxy) is 1. The third-order valence-corrected chi connectivity index (χ3v) is 7.62. The van der Waals surface area contributed by atoms with Gasteiger partial charge in [-0.2, -0.15) is 4.31 Å². The summed E-state index contributed by atoms with van der Waals surface area (Å²) in [5.74, 6) is -1.39. The lowest BCUT2D eigenvalue weighted by Gasteiger charge is -2.25. The van der Waals surface area contributed by atoms with Crippen LogP contribution in [0.4, 0.5) is 0 Å². The third kappa shape index (κ3) is 4.18. The molecule has 2 amide bonds. The predicted molar refractivity (Wildman–Crippen MR) is 116 cm³/mol. The normalized spacial score (nSPS) is 19.8. The van der Waals surface area contributed by atoms with Crippen molar-refractivity contribution in [3.05, 3.63) is 59.7 Å². The summed E-state index contributed by atoms with van der Waals surface area (Å²) in [6.07, 6.45) is 1.76. The van der Waals surface area contributed by atoms with Crippen LogP contribution in [0.5, 0.6) is 5.75 Å². The molecule has 32 heavy (non-hydrogen) atoms. The molecule has 2 heterocycles. The quantitative estimate of drug-likeness (QED) is 0.506. The maximum atomic E-state index is 12.9. The summed E-state index contributed by atoms with van der Waals surface area (Å²) in [4.78, 5) is 39.5. The number of hydrogen-bond donors (Lipinski definition) is 0. The van der Waals surface area contributed by atoms with Gasteiger partial charge >= 0.3 is 0 Å². The number of piperidine rings is 1. The Morgan fingerprint density at radius 3 is 2.34 bits per heavy atom. The van der Waals surface area contributed by atoms with E-state index in [9.17, 15) is 22.8 Å². The molecule has 4 rings (SSSR count). The van der Waals surface area contributed by atoms with Gasteiger partial charge < -0.3 is 4.74 Å². The first-order chi connectivity index (χ1) is 15.3. The van der Waals surface area contributed by atoms with Crippen molar-refractivity contribution in [3.8, 4) is 5.75 Å². The molecule has 1 fully saturated rings. The van der Waals surface area contributed by atoms with Gasteiger partial charge in [0.1, 0.15) is 5.75 Å². The Morgan fingerprint density at radius 1 is 1.00 bits per heavy atom. The van der Waals surface area contributed by atoms with Gasteiger partial charge in [-0.05, 0) is 56.2 Å². The topological polar surface area (TPSA) is 101 Å². The maximum absolute atomic E-state index is 12.9. The first-order valence-corrected chi connectivity index (χ1v) is 12.0. The van der Waals surface area contributed by atoms with Gasteiger partial charge in [0.15, 0.2) is 11.9 Å². The highest BCUT2D eigenvalue weighted by Crippen LogP contribution is 2.26. The number of para-hydroxylation sites is 1. The van der Waals surface area contributed by atoms with Crippen molar-refractivity contribution in [1.82, 2.24) is 9.21 Å². The molecule has 0 spiro atoms. The number of rotatable bonds is 5. The number of carbonyl (C=O) groups is 3. The highest BCUT2D eigenvalue weighted by Gasteiger charge is 2.35. The van der Waals surface area contributed by atoms with Crippen LogP contribution in [0.1, 0.15) is 46.9 Å². The zero-order valence-electron chi connectivity index (χ0n) is 17.7. The predicted octanol–water partition coefficient (Wildman–Crippen LogP) is 2.49. The van der Waals surface area contributed by atoms with Crippen LogP contribution in [0.2, 0.25) is 0 Å². The Balaban J connectivity index is 1.53. The number of imide groups is 1. The Morgan fingerprint density at radius 2 is 1.66 bits per heavy atom. The molecule has 0 saturated carbocycles. The van der Waals surface area contributed by atoms with Crippen molar-refractivity contribution < 1.29 is 27.5 Å². The molecule has 168 valence electrons. The van der Waals surface area contributed by atoms with Crippen LogP contribution in [0.3, 0.4) is 0 Å². The van der Waals surface area contributed by atoms with Gasteiger partial charge in [-0.1, -0.05) is 18.6 Å². The second-order valence-electron chi connectivity index (χ2n) is 7.90. The Bertz CT molecular complexity index is 1150. The molecule has 0 N–H and O–H groups in total. The fourth-order valence-electron chi connectivity index (χ4n) is 3.90. The lowest BCUT2D eigenvalue weighted by Crippen LogP contribution is -2.44. The standard InChI is InChI=1S/C23H24N2O6S/c1-16-22(27)25(23(28)19-7-3-4-8-21(19)31-16)15-20(26)17-9-11-18(12-10-17)32(29,30)24-13-5-2-6-14-24/h3-4,7-12,16H,2,5-6,13-15H2,1H3/t16-/m0/s1. The highest BCUT2D eigenvalue weighted by molar-refractivity contribution is 7.89. The van der Waals surface area contributed by atoms with Crippen molar-refractivity contribution in [1.29, 1.82) is 0 Å². The summed E-state index contributed by atoms with van der Waals surface area (Å²) in [6.45, 7) is 2.04. The van der Waals surface area contributed by atoms with Crippen molar-refractivity contribution in [2.45, 2.75) is 37.2 Å². The average molecular weight is 457 g/mol. The first kappa shape index (κ1) is 22.2. The monoisotopic (exact) mass is 456 g/mol. The van der Waals surface area contributed by atoms with Crippen LogP contribution in [-0.2, 0) is 14.8 Å². The van der Waals surface area contributed by atoms with Gasteiger partial charge in [-0.3, -0.25) is 19.3 Å². The minimum atomic E-state index is -3.61. The smallest absolute Gasteiger partial charge is 0.270 e. The van der Waals surface area contributed by atoms with E-state index < -0.39 is 40.3 Å². The lowest BCUT2D eigenvalue weighted by atomic mass is 10.1. The van der Waals surface area contributed by atoms with Gasteiger partial charge in [0, 0.05) is 18.7 Å². The summed E-state index contributed by atoms with van der Waals surface area (Å²) in [6, 6.07) is 12.1. The van der Waals surface area contributed by atoms with Crippen LogP contribution < -0.4 is 4.74 Å². The summed E-state index contributed by atoms with van der Waals surface area (Å²) in [7, 11) is -3.61. The first-order valence-electron chi connectivity index (χ1n) is 10.5. The number of nitrogens with zero attached hydrogens (tertiary/aromatic N) is 2. The second kappa shape index (κ2) is 8.84. The minimum Gasteiger partial charge on any atom is -0.480 e. The average Bonchev–Trinajstić information content (AvgIpc) is 2.90. The van der Waals surface area contributed by atoms with Crippen molar-refractivity contribution >= 4 is 27.6 Å². The van der Waals surface area contributed by atoms with E-state index in [1.54, 1.807) is 24.3 Å². The van der Waals surface area contributed by atoms with E-state index in [-0.39, 0.29) is 16.0 Å². The number of fused-ring (bicyclic) bond motifs is 1. The summed E-state index contributed by atoms with van der Waals surface area (Å²) < 4.78 is 32.6. The fourth-order valence-corrected chi connectivity index (χ4v) is 5.42. The molecular weight excluding hydrogens is 432 g/mol. The molecule has 0 radical (unpaired) electrons. The number of sulfonamides is 1. The zero-order chi connectivity index (χ0) is 22.9. The van der Waals surface area contributed by atoms with Gasteiger partial charge in [0.05, 0.1) is 17.0 Å². The Labute approximate surface area is 186 Å². The van der Waals surface area contributed by atoms with Crippen LogP contribution in [0.15, 0.2) is 53.4 Å². The molecule has 0 aliphatic carbocycles. The molecular formula is C23H24N2O6S. The van der Waals surface area contributed by atoms with E-state index in [1.807, 2.05) is 0 Å². The van der Waals surface area contributed by atoms with Crippen molar-refractivity contribution in [2.75, 3.05) is 19.6 Å². The van der Waals surface area contributed by atoms with Crippen LogP contribution >= 0.6 is 0 Å². The van der Waals surface area contributed by atoms with Gasteiger partial charge in [-0.25, -0.2) is 8.42 Å². The van der Waals surface area contributed by atoms with E-state index in [2.05, 4.69) is 0 Å². The number of hydrogen-bond acceptors (Lipinski definition) is 6. The van der Waals surface area contributed by atoms with Crippen LogP contribution in [0, 0.1) is 0 Å².